The van der Waals surface area contributed by atoms with Gasteiger partial charge in [0.2, 0.25) is 0 Å². The van der Waals surface area contributed by atoms with Crippen LogP contribution in [-0.2, 0) is 0 Å². The van der Waals surface area contributed by atoms with E-state index in [0.29, 0.717) is 16.3 Å². The summed E-state index contributed by atoms with van der Waals surface area (Å²) in [5, 5.41) is 14.6. The third kappa shape index (κ3) is 2.97. The average Bonchev–Trinajstić information content (AvgIpc) is 2.85. The van der Waals surface area contributed by atoms with Crippen molar-refractivity contribution in [1.29, 1.82) is 0 Å². The van der Waals surface area contributed by atoms with Crippen LogP contribution < -0.4 is 5.32 Å². The third-order valence-corrected chi connectivity index (χ3v) is 3.59. The molecule has 0 spiro atoms. The van der Waals surface area contributed by atoms with Crippen LogP contribution in [0, 0.1) is 6.92 Å². The van der Waals surface area contributed by atoms with E-state index in [1.54, 1.807) is 43.6 Å². The molecule has 1 aromatic carbocycles. The van der Waals surface area contributed by atoms with Gasteiger partial charge in [0.25, 0.3) is 5.91 Å². The number of hydrogen-bond donors (Lipinski definition) is 2. The summed E-state index contributed by atoms with van der Waals surface area (Å²) in [4.78, 5) is 16.6. The zero-order valence-electron chi connectivity index (χ0n) is 10.5. The number of amides is 1. The van der Waals surface area contributed by atoms with Crippen molar-refractivity contribution in [3.8, 4) is 0 Å². The molecule has 2 rings (SSSR count). The smallest absolute Gasteiger partial charge is 0.267 e. The minimum Gasteiger partial charge on any atom is -0.411 e. The van der Waals surface area contributed by atoms with Gasteiger partial charge in [-0.1, -0.05) is 17.3 Å². The van der Waals surface area contributed by atoms with Crippen molar-refractivity contribution in [2.45, 2.75) is 13.8 Å². The zero-order valence-corrected chi connectivity index (χ0v) is 11.4. The van der Waals surface area contributed by atoms with Crippen LogP contribution in [0.5, 0.6) is 0 Å². The highest BCUT2D eigenvalue weighted by molar-refractivity contribution is 7.12. The van der Waals surface area contributed by atoms with Gasteiger partial charge in [0.15, 0.2) is 0 Å². The monoisotopic (exact) mass is 275 g/mol. The lowest BCUT2D eigenvalue weighted by Gasteiger charge is -2.05. The molecule has 2 aromatic rings. The lowest BCUT2D eigenvalue weighted by molar-refractivity contribution is 0.103. The highest BCUT2D eigenvalue weighted by atomic mass is 32.1. The number of benzene rings is 1. The summed E-state index contributed by atoms with van der Waals surface area (Å²) in [5.41, 5.74) is 4.38. The summed E-state index contributed by atoms with van der Waals surface area (Å²) in [7, 11) is 0. The molecular weight excluding hydrogens is 262 g/mol. The Balaban J connectivity index is 2.12. The maximum atomic E-state index is 12.0. The van der Waals surface area contributed by atoms with Crippen molar-refractivity contribution in [3.63, 3.8) is 0 Å². The van der Waals surface area contributed by atoms with Crippen LogP contribution >= 0.6 is 11.3 Å². The molecular formula is C13H13N3O2S. The van der Waals surface area contributed by atoms with E-state index in [4.69, 9.17) is 5.21 Å². The fourth-order valence-electron chi connectivity index (χ4n) is 1.56. The van der Waals surface area contributed by atoms with Gasteiger partial charge in [-0.3, -0.25) is 4.79 Å². The quantitative estimate of drug-likeness (QED) is 0.514. The number of carbonyl (C=O) groups is 1. The first-order valence-corrected chi connectivity index (χ1v) is 6.50. The first kappa shape index (κ1) is 13.2. The van der Waals surface area contributed by atoms with Gasteiger partial charge in [-0.15, -0.1) is 11.3 Å². The number of nitrogens with one attached hydrogen (secondary N) is 1. The van der Waals surface area contributed by atoms with E-state index < -0.39 is 0 Å². The van der Waals surface area contributed by atoms with Gasteiger partial charge in [0, 0.05) is 5.69 Å². The van der Waals surface area contributed by atoms with Crippen LogP contribution in [0.1, 0.15) is 27.9 Å². The highest BCUT2D eigenvalue weighted by Gasteiger charge is 2.11. The van der Waals surface area contributed by atoms with Crippen LogP contribution in [0.4, 0.5) is 5.69 Å². The van der Waals surface area contributed by atoms with E-state index in [2.05, 4.69) is 15.5 Å². The van der Waals surface area contributed by atoms with Crippen LogP contribution in [0.15, 0.2) is 34.9 Å². The van der Waals surface area contributed by atoms with Crippen LogP contribution in [-0.4, -0.2) is 21.8 Å². The second kappa shape index (κ2) is 5.62. The lowest BCUT2D eigenvalue weighted by atomic mass is 10.1. The number of aryl methyl sites for hydroxylation is 1. The second-order valence-electron chi connectivity index (χ2n) is 3.98. The van der Waals surface area contributed by atoms with Crippen LogP contribution in [0.3, 0.4) is 0 Å². The number of thiazole rings is 1. The van der Waals surface area contributed by atoms with E-state index >= 15 is 0 Å². The molecule has 0 saturated heterocycles. The molecule has 0 aliphatic carbocycles. The summed E-state index contributed by atoms with van der Waals surface area (Å²) in [6.07, 6.45) is 0. The average molecular weight is 275 g/mol. The Morgan fingerprint density at radius 2 is 2.05 bits per heavy atom. The number of hydrogen-bond acceptors (Lipinski definition) is 5. The third-order valence-electron chi connectivity index (χ3n) is 2.66. The van der Waals surface area contributed by atoms with Gasteiger partial charge >= 0.3 is 0 Å². The number of rotatable bonds is 3. The SMILES string of the molecule is C/C(=N\O)c1ccc(NC(=O)c2scnc2C)cc1. The molecule has 19 heavy (non-hydrogen) atoms. The molecule has 0 atom stereocenters. The molecule has 98 valence electrons. The maximum absolute atomic E-state index is 12.0. The molecule has 0 aliphatic rings. The van der Waals surface area contributed by atoms with Crippen molar-refractivity contribution in [2.24, 2.45) is 5.16 Å². The lowest BCUT2D eigenvalue weighted by Crippen LogP contribution is -2.11. The summed E-state index contributed by atoms with van der Waals surface area (Å²) in [6, 6.07) is 7.09. The van der Waals surface area contributed by atoms with Crippen molar-refractivity contribution < 1.29 is 10.0 Å². The molecule has 0 fully saturated rings. The predicted molar refractivity (Wildman–Crippen MR) is 75.2 cm³/mol. The minimum atomic E-state index is -0.166. The molecule has 0 saturated carbocycles. The molecule has 0 bridgehead atoms. The Hall–Kier alpha value is -2.21. The molecule has 1 amide bonds. The number of aromatic nitrogens is 1. The fourth-order valence-corrected chi connectivity index (χ4v) is 2.26. The van der Waals surface area contributed by atoms with Crippen molar-refractivity contribution in [1.82, 2.24) is 4.98 Å². The molecule has 0 unspecified atom stereocenters. The van der Waals surface area contributed by atoms with Gasteiger partial charge in [0.1, 0.15) is 4.88 Å². The van der Waals surface area contributed by atoms with Gasteiger partial charge in [-0.05, 0) is 31.5 Å². The summed E-state index contributed by atoms with van der Waals surface area (Å²) >= 11 is 1.31. The maximum Gasteiger partial charge on any atom is 0.267 e. The van der Waals surface area contributed by atoms with E-state index in [9.17, 15) is 4.79 Å². The zero-order chi connectivity index (χ0) is 13.8. The van der Waals surface area contributed by atoms with Gasteiger partial charge in [-0.25, -0.2) is 4.98 Å². The molecule has 6 heteroatoms. The topological polar surface area (TPSA) is 74.6 Å². The normalized spacial score (nSPS) is 11.4. The molecule has 1 heterocycles. The molecule has 1 aromatic heterocycles. The van der Waals surface area contributed by atoms with Crippen LogP contribution in [0.2, 0.25) is 0 Å². The second-order valence-corrected chi connectivity index (χ2v) is 4.84. The molecule has 0 aliphatic heterocycles. The Morgan fingerprint density at radius 3 is 2.58 bits per heavy atom. The van der Waals surface area contributed by atoms with Crippen molar-refractivity contribution in [2.75, 3.05) is 5.32 Å². The molecule has 5 nitrogen and oxygen atoms in total. The number of oxime groups is 1. The number of anilines is 1. The largest absolute Gasteiger partial charge is 0.411 e. The Morgan fingerprint density at radius 1 is 1.37 bits per heavy atom. The number of nitrogens with zero attached hydrogens (tertiary/aromatic N) is 2. The predicted octanol–water partition coefficient (Wildman–Crippen LogP) is 2.90. The first-order valence-electron chi connectivity index (χ1n) is 5.62. The van der Waals surface area contributed by atoms with Crippen LogP contribution in [0.25, 0.3) is 0 Å². The first-order chi connectivity index (χ1) is 9.11. The molecule has 0 radical (unpaired) electrons. The van der Waals surface area contributed by atoms with Gasteiger partial charge < -0.3 is 10.5 Å². The highest BCUT2D eigenvalue weighted by Crippen LogP contribution is 2.16. The Labute approximate surface area is 114 Å². The Bertz CT molecular complexity index is 617. The minimum absolute atomic E-state index is 0.166. The summed E-state index contributed by atoms with van der Waals surface area (Å²) < 4.78 is 0. The Kier molecular flexibility index (Phi) is 3.91. The van der Waals surface area contributed by atoms with E-state index in [-0.39, 0.29) is 5.91 Å². The fraction of sp³-hybridized carbons (Fsp3) is 0.154. The van der Waals surface area contributed by atoms with Gasteiger partial charge in [-0.2, -0.15) is 0 Å². The van der Waals surface area contributed by atoms with Crippen molar-refractivity contribution in [3.05, 3.63) is 45.9 Å². The van der Waals surface area contributed by atoms with E-state index in [0.717, 1.165) is 11.3 Å². The van der Waals surface area contributed by atoms with E-state index in [1.165, 1.54) is 11.3 Å². The standard InChI is InChI=1S/C13H13N3O2S/c1-8(16-18)10-3-5-11(6-4-10)15-13(17)12-9(2)14-7-19-12/h3-7,18H,1-2H3,(H,15,17)/b16-8+. The summed E-state index contributed by atoms with van der Waals surface area (Å²) in [5.74, 6) is -0.166. The number of carbonyl (C=O) groups excluding carboxylic acids is 1. The summed E-state index contributed by atoms with van der Waals surface area (Å²) in [6.45, 7) is 3.50. The van der Waals surface area contributed by atoms with E-state index in [1.807, 2.05) is 0 Å². The molecule has 2 N–H and O–H groups in total. The van der Waals surface area contributed by atoms with Gasteiger partial charge in [0.05, 0.1) is 16.9 Å². The van der Waals surface area contributed by atoms with Crippen molar-refractivity contribution >= 4 is 28.6 Å².